The summed E-state index contributed by atoms with van der Waals surface area (Å²) in [6, 6.07) is 0. The fraction of sp³-hybridized carbons (Fsp3) is 0.467. The summed E-state index contributed by atoms with van der Waals surface area (Å²) in [5, 5.41) is 4.10. The summed E-state index contributed by atoms with van der Waals surface area (Å²) >= 11 is 0. The summed E-state index contributed by atoms with van der Waals surface area (Å²) in [6.07, 6.45) is 3.31. The Hall–Kier alpha value is -2.64. The molecule has 0 saturated carbocycles. The predicted molar refractivity (Wildman–Crippen MR) is 80.0 cm³/mol. The lowest BCUT2D eigenvalue weighted by molar-refractivity contribution is -0.728. The van der Waals surface area contributed by atoms with Gasteiger partial charge in [-0.3, -0.25) is 0 Å². The highest BCUT2D eigenvalue weighted by Crippen LogP contribution is 2.24. The lowest BCUT2D eigenvalue weighted by Crippen LogP contribution is -2.29. The molecule has 0 aliphatic heterocycles. The van der Waals surface area contributed by atoms with Gasteiger partial charge in [-0.25, -0.2) is 9.59 Å². The fourth-order valence-corrected chi connectivity index (χ4v) is 2.55. The predicted octanol–water partition coefficient (Wildman–Crippen LogP) is 0.791. The van der Waals surface area contributed by atoms with Gasteiger partial charge in [0.1, 0.15) is 7.05 Å². The zero-order chi connectivity index (χ0) is 17.1. The molecule has 0 fully saturated rings. The lowest BCUT2D eigenvalue weighted by Gasteiger charge is -2.05. The van der Waals surface area contributed by atoms with Crippen molar-refractivity contribution in [3.8, 4) is 0 Å². The van der Waals surface area contributed by atoms with Crippen molar-refractivity contribution in [3.05, 3.63) is 35.2 Å². The number of aromatic nitrogens is 4. The minimum Gasteiger partial charge on any atom is -0.462 e. The van der Waals surface area contributed by atoms with Gasteiger partial charge in [-0.1, -0.05) is 0 Å². The highest BCUT2D eigenvalue weighted by atomic mass is 16.5. The first-order chi connectivity index (χ1) is 10.9. The van der Waals surface area contributed by atoms with Gasteiger partial charge in [0.25, 0.3) is 6.33 Å². The number of ether oxygens (including phenoxy) is 2. The Morgan fingerprint density at radius 1 is 1.09 bits per heavy atom. The van der Waals surface area contributed by atoms with E-state index in [2.05, 4.69) is 5.10 Å². The maximum absolute atomic E-state index is 12.3. The SMILES string of the molecule is CCOC(=O)c1c(C(=O)OCC)c(C)n(-n2cn[n+](C)c2)c1C. The molecule has 0 saturated heterocycles. The van der Waals surface area contributed by atoms with Crippen LogP contribution >= 0.6 is 0 Å². The second-order valence-electron chi connectivity index (χ2n) is 4.97. The molecule has 0 bridgehead atoms. The van der Waals surface area contributed by atoms with Crippen LogP contribution in [0.15, 0.2) is 12.7 Å². The molecule has 8 nitrogen and oxygen atoms in total. The summed E-state index contributed by atoms with van der Waals surface area (Å²) in [6.45, 7) is 7.40. The molecule has 0 spiro atoms. The van der Waals surface area contributed by atoms with E-state index >= 15 is 0 Å². The minimum absolute atomic E-state index is 0.221. The summed E-state index contributed by atoms with van der Waals surface area (Å²) < 4.78 is 15.2. The molecule has 23 heavy (non-hydrogen) atoms. The number of aryl methyl sites for hydroxylation is 1. The zero-order valence-corrected chi connectivity index (χ0v) is 14.0. The third kappa shape index (κ3) is 2.96. The Kier molecular flexibility index (Phi) is 4.83. The molecule has 8 heteroatoms. The van der Waals surface area contributed by atoms with Gasteiger partial charge in [0.15, 0.2) is 0 Å². The Labute approximate surface area is 134 Å². The van der Waals surface area contributed by atoms with E-state index in [4.69, 9.17) is 9.47 Å². The smallest absolute Gasteiger partial charge is 0.341 e. The molecule has 0 amide bonds. The molecule has 2 rings (SSSR count). The van der Waals surface area contributed by atoms with Crippen molar-refractivity contribution in [1.29, 1.82) is 0 Å². The van der Waals surface area contributed by atoms with E-state index in [1.165, 1.54) is 0 Å². The average molecular weight is 321 g/mol. The van der Waals surface area contributed by atoms with Crippen LogP contribution in [0.4, 0.5) is 0 Å². The number of rotatable bonds is 5. The molecule has 0 aromatic carbocycles. The van der Waals surface area contributed by atoms with Crippen molar-refractivity contribution in [2.75, 3.05) is 13.2 Å². The molecule has 0 atom stereocenters. The van der Waals surface area contributed by atoms with Crippen LogP contribution in [-0.4, -0.2) is 39.6 Å². The Morgan fingerprint density at radius 2 is 1.57 bits per heavy atom. The molecule has 0 aliphatic rings. The van der Waals surface area contributed by atoms with E-state index in [0.29, 0.717) is 11.4 Å². The second kappa shape index (κ2) is 6.64. The molecule has 2 aromatic rings. The van der Waals surface area contributed by atoms with Gasteiger partial charge in [-0.05, 0) is 32.8 Å². The maximum atomic E-state index is 12.3. The van der Waals surface area contributed by atoms with Crippen LogP contribution in [0.5, 0.6) is 0 Å². The number of esters is 2. The quantitative estimate of drug-likeness (QED) is 0.601. The first kappa shape index (κ1) is 16.7. The number of carbonyl (C=O) groups is 2. The molecule has 0 unspecified atom stereocenters. The van der Waals surface area contributed by atoms with Gasteiger partial charge >= 0.3 is 11.9 Å². The summed E-state index contributed by atoms with van der Waals surface area (Å²) in [5.74, 6) is -1.08. The van der Waals surface area contributed by atoms with E-state index in [1.807, 2.05) is 0 Å². The number of nitrogens with zero attached hydrogens (tertiary/aromatic N) is 4. The van der Waals surface area contributed by atoms with Gasteiger partial charge in [0, 0.05) is 0 Å². The third-order valence-electron chi connectivity index (χ3n) is 3.44. The summed E-state index contributed by atoms with van der Waals surface area (Å²) in [5.41, 5.74) is 1.61. The highest BCUT2D eigenvalue weighted by molar-refractivity contribution is 6.05. The molecule has 0 aliphatic carbocycles. The normalized spacial score (nSPS) is 10.7. The Bertz CT molecular complexity index is 703. The monoisotopic (exact) mass is 321 g/mol. The third-order valence-corrected chi connectivity index (χ3v) is 3.44. The van der Waals surface area contributed by atoms with Crippen LogP contribution in [0.2, 0.25) is 0 Å². The van der Waals surface area contributed by atoms with Crippen LogP contribution in [0.3, 0.4) is 0 Å². The van der Waals surface area contributed by atoms with Crippen molar-refractivity contribution in [1.82, 2.24) is 14.5 Å². The highest BCUT2D eigenvalue weighted by Gasteiger charge is 2.31. The molecule has 0 N–H and O–H groups in total. The van der Waals surface area contributed by atoms with E-state index < -0.39 is 11.9 Å². The van der Waals surface area contributed by atoms with Crippen molar-refractivity contribution in [2.45, 2.75) is 27.7 Å². The lowest BCUT2D eigenvalue weighted by atomic mass is 10.1. The van der Waals surface area contributed by atoms with E-state index in [-0.39, 0.29) is 24.3 Å². The molecular formula is C15H21N4O4+. The fourth-order valence-electron chi connectivity index (χ4n) is 2.55. The van der Waals surface area contributed by atoms with Crippen molar-refractivity contribution in [3.63, 3.8) is 0 Å². The van der Waals surface area contributed by atoms with E-state index in [9.17, 15) is 9.59 Å². The second-order valence-corrected chi connectivity index (χ2v) is 4.97. The molecule has 124 valence electrons. The first-order valence-electron chi connectivity index (χ1n) is 7.39. The molecule has 2 heterocycles. The standard InChI is InChI=1S/C15H21N4O4/c1-6-22-14(20)12-10(3)19(18-8-16-17(5)9-18)11(4)13(12)15(21)23-7-2/h8-9H,6-7H2,1-5H3/q+1. The number of hydrogen-bond donors (Lipinski definition) is 0. The van der Waals surface area contributed by atoms with Crippen LogP contribution in [0.1, 0.15) is 46.0 Å². The van der Waals surface area contributed by atoms with Crippen molar-refractivity contribution < 1.29 is 23.7 Å². The van der Waals surface area contributed by atoms with Gasteiger partial charge in [-0.2, -0.15) is 4.68 Å². The van der Waals surface area contributed by atoms with Gasteiger partial charge < -0.3 is 9.47 Å². The van der Waals surface area contributed by atoms with Crippen LogP contribution < -0.4 is 4.68 Å². The van der Waals surface area contributed by atoms with E-state index in [1.54, 1.807) is 61.4 Å². The summed E-state index contributed by atoms with van der Waals surface area (Å²) in [4.78, 5) is 24.6. The zero-order valence-electron chi connectivity index (χ0n) is 14.0. The maximum Gasteiger partial charge on any atom is 0.341 e. The molecule has 2 aromatic heterocycles. The van der Waals surface area contributed by atoms with Crippen molar-refractivity contribution in [2.24, 2.45) is 7.05 Å². The molecule has 0 radical (unpaired) electrons. The van der Waals surface area contributed by atoms with Crippen LogP contribution in [0.25, 0.3) is 0 Å². The van der Waals surface area contributed by atoms with Crippen LogP contribution in [-0.2, 0) is 16.5 Å². The van der Waals surface area contributed by atoms with Gasteiger partial charge in [0.2, 0.25) is 6.33 Å². The topological polar surface area (TPSA) is 79.2 Å². The minimum atomic E-state index is -0.542. The number of carbonyl (C=O) groups excluding carboxylic acids is 2. The average Bonchev–Trinajstić information content (AvgIpc) is 3.00. The summed E-state index contributed by atoms with van der Waals surface area (Å²) in [7, 11) is 1.78. The number of hydrogen-bond acceptors (Lipinski definition) is 5. The van der Waals surface area contributed by atoms with E-state index in [0.717, 1.165) is 0 Å². The van der Waals surface area contributed by atoms with Gasteiger partial charge in [0.05, 0.1) is 35.7 Å². The van der Waals surface area contributed by atoms with Gasteiger partial charge in [-0.15, -0.1) is 9.36 Å². The Balaban J connectivity index is 2.68. The Morgan fingerprint density at radius 3 is 1.91 bits per heavy atom. The van der Waals surface area contributed by atoms with Crippen molar-refractivity contribution >= 4 is 11.9 Å². The van der Waals surface area contributed by atoms with Crippen LogP contribution in [0, 0.1) is 13.8 Å². The molecular weight excluding hydrogens is 300 g/mol. The largest absolute Gasteiger partial charge is 0.462 e. The first-order valence-corrected chi connectivity index (χ1v) is 7.39.